The highest BCUT2D eigenvalue weighted by Crippen LogP contribution is 2.11. The second kappa shape index (κ2) is 10.4. The van der Waals surface area contributed by atoms with E-state index >= 15 is 0 Å². The second-order valence-electron chi connectivity index (χ2n) is 5.59. The van der Waals surface area contributed by atoms with Crippen molar-refractivity contribution in [3.8, 4) is 0 Å². The van der Waals surface area contributed by atoms with Gasteiger partial charge in [0.2, 0.25) is 15.9 Å². The maximum Gasteiger partial charge on any atom is 0.224 e. The van der Waals surface area contributed by atoms with Gasteiger partial charge < -0.3 is 15.8 Å². The van der Waals surface area contributed by atoms with Crippen molar-refractivity contribution in [2.24, 2.45) is 11.7 Å². The molecule has 0 radical (unpaired) electrons. The van der Waals surface area contributed by atoms with Gasteiger partial charge in [0.15, 0.2) is 0 Å². The summed E-state index contributed by atoms with van der Waals surface area (Å²) in [6.07, 6.45) is 2.94. The first-order valence-corrected chi connectivity index (χ1v) is 9.09. The third kappa shape index (κ3) is 8.28. The number of hydrogen-bond acceptors (Lipinski definition) is 5. The standard InChI is InChI=1S/C13H27N3O4S.ClH/c1-10(11(2)14)13(17)15-6-8-21(18,19)16-9-12-5-3-4-7-20-12;/h10-12,16H,3-9,14H2,1-2H3,(H,15,17);1H. The van der Waals surface area contributed by atoms with Crippen LogP contribution in [0.4, 0.5) is 0 Å². The first-order valence-electron chi connectivity index (χ1n) is 7.44. The van der Waals surface area contributed by atoms with Gasteiger partial charge in [0, 0.05) is 31.7 Å². The fraction of sp³-hybridized carbons (Fsp3) is 0.923. The zero-order chi connectivity index (χ0) is 15.9. The van der Waals surface area contributed by atoms with Crippen LogP contribution in [0, 0.1) is 5.92 Å². The van der Waals surface area contributed by atoms with Crippen LogP contribution >= 0.6 is 12.4 Å². The third-order valence-electron chi connectivity index (χ3n) is 3.68. The SMILES string of the molecule is CC(N)C(C)C(=O)NCCS(=O)(=O)NCC1CCCCO1.Cl. The summed E-state index contributed by atoms with van der Waals surface area (Å²) < 4.78 is 31.6. The van der Waals surface area contributed by atoms with Crippen LogP contribution in [0.5, 0.6) is 0 Å². The lowest BCUT2D eigenvalue weighted by Crippen LogP contribution is -2.42. The Kier molecular flexibility index (Phi) is 10.2. The fourth-order valence-corrected chi connectivity index (χ4v) is 2.92. The van der Waals surface area contributed by atoms with Gasteiger partial charge in [-0.05, 0) is 26.2 Å². The number of ether oxygens (including phenoxy) is 1. The van der Waals surface area contributed by atoms with Gasteiger partial charge in [-0.2, -0.15) is 0 Å². The molecule has 1 amide bonds. The van der Waals surface area contributed by atoms with Crippen LogP contribution in [0.3, 0.4) is 0 Å². The van der Waals surface area contributed by atoms with Gasteiger partial charge in [0.1, 0.15) is 0 Å². The van der Waals surface area contributed by atoms with E-state index in [0.717, 1.165) is 19.3 Å². The van der Waals surface area contributed by atoms with E-state index in [1.807, 2.05) is 0 Å². The Labute approximate surface area is 139 Å². The molecule has 1 aliphatic heterocycles. The summed E-state index contributed by atoms with van der Waals surface area (Å²) in [5.74, 6) is -0.705. The molecular formula is C13H28ClN3O4S. The zero-order valence-corrected chi connectivity index (χ0v) is 14.8. The molecule has 1 fully saturated rings. The van der Waals surface area contributed by atoms with Gasteiger partial charge in [-0.25, -0.2) is 13.1 Å². The van der Waals surface area contributed by atoms with Gasteiger partial charge >= 0.3 is 0 Å². The Balaban J connectivity index is 0.00000441. The fourth-order valence-electron chi connectivity index (χ4n) is 1.97. The minimum atomic E-state index is -3.40. The zero-order valence-electron chi connectivity index (χ0n) is 13.2. The highest BCUT2D eigenvalue weighted by atomic mass is 35.5. The van der Waals surface area contributed by atoms with E-state index in [0.29, 0.717) is 13.2 Å². The summed E-state index contributed by atoms with van der Waals surface area (Å²) in [6, 6.07) is -0.261. The highest BCUT2D eigenvalue weighted by Gasteiger charge is 2.19. The number of carbonyl (C=O) groups excluding carboxylic acids is 1. The molecule has 0 aliphatic carbocycles. The van der Waals surface area contributed by atoms with Gasteiger partial charge in [0.05, 0.1) is 11.9 Å². The van der Waals surface area contributed by atoms with Crippen LogP contribution in [-0.2, 0) is 19.6 Å². The summed E-state index contributed by atoms with van der Waals surface area (Å²) in [4.78, 5) is 11.6. The van der Waals surface area contributed by atoms with Gasteiger partial charge in [-0.1, -0.05) is 6.92 Å². The summed E-state index contributed by atoms with van der Waals surface area (Å²) >= 11 is 0. The minimum absolute atomic E-state index is 0. The second-order valence-corrected chi connectivity index (χ2v) is 7.52. The monoisotopic (exact) mass is 357 g/mol. The number of sulfonamides is 1. The first kappa shape index (κ1) is 21.6. The van der Waals surface area contributed by atoms with Crippen LogP contribution in [0.1, 0.15) is 33.1 Å². The van der Waals surface area contributed by atoms with Crippen molar-refractivity contribution in [1.29, 1.82) is 0 Å². The predicted molar refractivity (Wildman–Crippen MR) is 88.5 cm³/mol. The van der Waals surface area contributed by atoms with Gasteiger partial charge in [-0.15, -0.1) is 12.4 Å². The molecule has 7 nitrogen and oxygen atoms in total. The Hall–Kier alpha value is -0.410. The lowest BCUT2D eigenvalue weighted by Gasteiger charge is -2.22. The van der Waals surface area contributed by atoms with E-state index in [9.17, 15) is 13.2 Å². The molecule has 1 saturated heterocycles. The maximum absolute atomic E-state index is 11.8. The lowest BCUT2D eigenvalue weighted by atomic mass is 10.0. The van der Waals surface area contributed by atoms with Gasteiger partial charge in [-0.3, -0.25) is 4.79 Å². The normalized spacial score (nSPS) is 21.5. The summed E-state index contributed by atoms with van der Waals surface area (Å²) in [7, 11) is -3.40. The van der Waals surface area contributed by atoms with Gasteiger partial charge in [0.25, 0.3) is 0 Å². The quantitative estimate of drug-likeness (QED) is 0.566. The molecule has 3 atom stereocenters. The molecule has 132 valence electrons. The van der Waals surface area contributed by atoms with Crippen molar-refractivity contribution in [3.05, 3.63) is 0 Å². The van der Waals surface area contributed by atoms with Crippen LogP contribution < -0.4 is 15.8 Å². The Morgan fingerprint density at radius 2 is 2.05 bits per heavy atom. The van der Waals surface area contributed by atoms with Crippen LogP contribution in [0.25, 0.3) is 0 Å². The van der Waals surface area contributed by atoms with Crippen molar-refractivity contribution >= 4 is 28.3 Å². The summed E-state index contributed by atoms with van der Waals surface area (Å²) in [5, 5.41) is 2.59. The van der Waals surface area contributed by atoms with Crippen molar-refractivity contribution in [2.75, 3.05) is 25.4 Å². The van der Waals surface area contributed by atoms with Crippen molar-refractivity contribution < 1.29 is 17.9 Å². The molecule has 0 aromatic carbocycles. The molecule has 0 spiro atoms. The van der Waals surface area contributed by atoms with E-state index < -0.39 is 10.0 Å². The molecule has 4 N–H and O–H groups in total. The topological polar surface area (TPSA) is 111 Å². The molecule has 1 rings (SSSR count). The molecule has 0 saturated carbocycles. The molecule has 0 aromatic rings. The van der Waals surface area contributed by atoms with Crippen molar-refractivity contribution in [2.45, 2.75) is 45.3 Å². The largest absolute Gasteiger partial charge is 0.377 e. The first-order chi connectivity index (χ1) is 9.82. The van der Waals surface area contributed by atoms with Crippen LogP contribution in [-0.4, -0.2) is 51.9 Å². The predicted octanol–water partition coefficient (Wildman–Crippen LogP) is -0.00380. The van der Waals surface area contributed by atoms with Crippen molar-refractivity contribution in [1.82, 2.24) is 10.0 Å². The number of amides is 1. The molecule has 22 heavy (non-hydrogen) atoms. The number of carbonyl (C=O) groups is 1. The number of nitrogens with two attached hydrogens (primary N) is 1. The van der Waals surface area contributed by atoms with E-state index in [2.05, 4.69) is 10.0 Å². The average Bonchev–Trinajstić information content (AvgIpc) is 2.45. The third-order valence-corrected chi connectivity index (χ3v) is 5.03. The van der Waals surface area contributed by atoms with Crippen molar-refractivity contribution in [3.63, 3.8) is 0 Å². The lowest BCUT2D eigenvalue weighted by molar-refractivity contribution is -0.124. The number of halogens is 1. The number of rotatable bonds is 8. The number of hydrogen-bond donors (Lipinski definition) is 3. The molecule has 3 unspecified atom stereocenters. The molecule has 9 heteroatoms. The average molecular weight is 358 g/mol. The van der Waals surface area contributed by atoms with Crippen LogP contribution in [0.15, 0.2) is 0 Å². The summed E-state index contributed by atoms with van der Waals surface area (Å²) in [6.45, 7) is 4.53. The highest BCUT2D eigenvalue weighted by molar-refractivity contribution is 7.89. The Bertz CT molecular complexity index is 425. The van der Waals surface area contributed by atoms with E-state index in [-0.39, 0.29) is 48.7 Å². The molecular weight excluding hydrogens is 330 g/mol. The minimum Gasteiger partial charge on any atom is -0.377 e. The molecule has 1 aliphatic rings. The van der Waals surface area contributed by atoms with E-state index in [1.54, 1.807) is 13.8 Å². The molecule has 0 aromatic heterocycles. The maximum atomic E-state index is 11.8. The number of nitrogens with one attached hydrogen (secondary N) is 2. The van der Waals surface area contributed by atoms with Crippen LogP contribution in [0.2, 0.25) is 0 Å². The Morgan fingerprint density at radius 3 is 2.59 bits per heavy atom. The molecule has 0 bridgehead atoms. The molecule has 1 heterocycles. The Morgan fingerprint density at radius 1 is 1.36 bits per heavy atom. The summed E-state index contributed by atoms with van der Waals surface area (Å²) in [5.41, 5.74) is 5.62. The smallest absolute Gasteiger partial charge is 0.224 e. The van der Waals surface area contributed by atoms with E-state index in [1.165, 1.54) is 0 Å². The van der Waals surface area contributed by atoms with E-state index in [4.69, 9.17) is 10.5 Å².